The summed E-state index contributed by atoms with van der Waals surface area (Å²) in [6.07, 6.45) is 5.73. The number of esters is 1. The number of hydrogen-bond donors (Lipinski definition) is 0. The number of ether oxygens (including phenoxy) is 1. The highest BCUT2D eigenvalue weighted by Gasteiger charge is 2.27. The van der Waals surface area contributed by atoms with Crippen LogP contribution in [0.3, 0.4) is 0 Å². The molecule has 0 spiro atoms. The molecule has 0 radical (unpaired) electrons. The Morgan fingerprint density at radius 3 is 2.58 bits per heavy atom. The number of hydrogen-bond acceptors (Lipinski definition) is 2. The van der Waals surface area contributed by atoms with Gasteiger partial charge < -0.3 is 4.74 Å². The van der Waals surface area contributed by atoms with Gasteiger partial charge in [0.2, 0.25) is 0 Å². The van der Waals surface area contributed by atoms with Crippen LogP contribution in [-0.4, -0.2) is 5.97 Å². The minimum Gasteiger partial charge on any atom is -0.460 e. The van der Waals surface area contributed by atoms with Crippen molar-refractivity contribution in [2.45, 2.75) is 59.5 Å². The molecule has 19 heavy (non-hydrogen) atoms. The van der Waals surface area contributed by atoms with Gasteiger partial charge in [0.1, 0.15) is 6.61 Å². The Morgan fingerprint density at radius 1 is 1.21 bits per heavy atom. The molecule has 0 fully saturated rings. The van der Waals surface area contributed by atoms with Crippen LogP contribution in [-0.2, 0) is 29.0 Å². The summed E-state index contributed by atoms with van der Waals surface area (Å²) in [5.41, 5.74) is 3.64. The van der Waals surface area contributed by atoms with E-state index in [1.807, 2.05) is 20.8 Å². The summed E-state index contributed by atoms with van der Waals surface area (Å²) in [5, 5.41) is 0. The van der Waals surface area contributed by atoms with E-state index in [2.05, 4.69) is 18.2 Å². The van der Waals surface area contributed by atoms with Crippen LogP contribution in [0.1, 0.15) is 56.7 Å². The van der Waals surface area contributed by atoms with Gasteiger partial charge in [-0.3, -0.25) is 4.79 Å². The normalized spacial score (nSPS) is 14.9. The molecule has 0 saturated carbocycles. The summed E-state index contributed by atoms with van der Waals surface area (Å²) in [6.45, 7) is 6.28. The van der Waals surface area contributed by atoms with E-state index in [0.29, 0.717) is 6.61 Å². The third kappa shape index (κ3) is 3.37. The van der Waals surface area contributed by atoms with Crippen LogP contribution in [0.15, 0.2) is 18.2 Å². The van der Waals surface area contributed by atoms with Gasteiger partial charge in [0.25, 0.3) is 0 Å². The van der Waals surface area contributed by atoms with Crippen molar-refractivity contribution in [3.05, 3.63) is 34.9 Å². The molecule has 1 aromatic rings. The van der Waals surface area contributed by atoms with Gasteiger partial charge in [0.15, 0.2) is 0 Å². The molecule has 0 unspecified atom stereocenters. The molecule has 2 nitrogen and oxygen atoms in total. The lowest BCUT2D eigenvalue weighted by atomic mass is 9.90. The first-order valence-corrected chi connectivity index (χ1v) is 7.31. The molecule has 0 amide bonds. The molecule has 0 bridgehead atoms. The van der Waals surface area contributed by atoms with Crippen molar-refractivity contribution in [3.8, 4) is 0 Å². The highest BCUT2D eigenvalue weighted by atomic mass is 16.5. The van der Waals surface area contributed by atoms with Crippen molar-refractivity contribution in [2.75, 3.05) is 0 Å². The minimum atomic E-state index is -0.381. The molecule has 0 aliphatic heterocycles. The summed E-state index contributed by atoms with van der Waals surface area (Å²) in [7, 11) is 0. The molecule has 104 valence electrons. The van der Waals surface area contributed by atoms with Gasteiger partial charge in [0, 0.05) is 0 Å². The first-order valence-electron chi connectivity index (χ1n) is 7.31. The summed E-state index contributed by atoms with van der Waals surface area (Å²) in [4.78, 5) is 11.9. The van der Waals surface area contributed by atoms with E-state index < -0.39 is 0 Å². The number of carbonyl (C=O) groups is 1. The summed E-state index contributed by atoms with van der Waals surface area (Å²) < 4.78 is 5.44. The fourth-order valence-corrected chi connectivity index (χ4v) is 2.37. The Kier molecular flexibility index (Phi) is 4.28. The lowest BCUT2D eigenvalue weighted by Crippen LogP contribution is -2.25. The van der Waals surface area contributed by atoms with Crippen molar-refractivity contribution >= 4 is 5.97 Å². The number of benzene rings is 1. The number of fused-ring (bicyclic) bond motifs is 1. The Balaban J connectivity index is 1.99. The first-order chi connectivity index (χ1) is 9.03. The largest absolute Gasteiger partial charge is 0.460 e. The van der Waals surface area contributed by atoms with E-state index >= 15 is 0 Å². The summed E-state index contributed by atoms with van der Waals surface area (Å²) >= 11 is 0. The van der Waals surface area contributed by atoms with Gasteiger partial charge in [-0.15, -0.1) is 0 Å². The van der Waals surface area contributed by atoms with Crippen LogP contribution in [0.2, 0.25) is 0 Å². The Morgan fingerprint density at radius 2 is 1.89 bits per heavy atom. The SMILES string of the molecule is CCC(C)(C)C(=O)OCc1ccc2c(c1)CCCC2. The molecular formula is C17H24O2. The van der Waals surface area contributed by atoms with E-state index in [-0.39, 0.29) is 11.4 Å². The van der Waals surface area contributed by atoms with E-state index in [4.69, 9.17) is 4.74 Å². The van der Waals surface area contributed by atoms with Crippen LogP contribution in [0.5, 0.6) is 0 Å². The monoisotopic (exact) mass is 260 g/mol. The fraction of sp³-hybridized carbons (Fsp3) is 0.588. The topological polar surface area (TPSA) is 26.3 Å². The third-order valence-corrected chi connectivity index (χ3v) is 4.22. The Bertz CT molecular complexity index is 460. The van der Waals surface area contributed by atoms with E-state index in [1.165, 1.54) is 30.4 Å². The second-order valence-corrected chi connectivity index (χ2v) is 6.12. The molecule has 1 aliphatic carbocycles. The Hall–Kier alpha value is -1.31. The smallest absolute Gasteiger partial charge is 0.311 e. The van der Waals surface area contributed by atoms with Gasteiger partial charge in [-0.05, 0) is 62.6 Å². The summed E-state index contributed by atoms with van der Waals surface area (Å²) in [6, 6.07) is 6.50. The molecule has 2 rings (SSSR count). The quantitative estimate of drug-likeness (QED) is 0.764. The predicted molar refractivity (Wildman–Crippen MR) is 77.0 cm³/mol. The second-order valence-electron chi connectivity index (χ2n) is 6.12. The maximum atomic E-state index is 11.9. The van der Waals surface area contributed by atoms with Gasteiger partial charge in [-0.1, -0.05) is 25.1 Å². The van der Waals surface area contributed by atoms with Crippen molar-refractivity contribution in [1.29, 1.82) is 0 Å². The van der Waals surface area contributed by atoms with Crippen molar-refractivity contribution in [2.24, 2.45) is 5.41 Å². The lowest BCUT2D eigenvalue weighted by molar-refractivity contribution is -0.155. The van der Waals surface area contributed by atoms with Crippen LogP contribution < -0.4 is 0 Å². The highest BCUT2D eigenvalue weighted by molar-refractivity contribution is 5.75. The summed E-state index contributed by atoms with van der Waals surface area (Å²) in [5.74, 6) is -0.104. The van der Waals surface area contributed by atoms with Crippen molar-refractivity contribution in [3.63, 3.8) is 0 Å². The lowest BCUT2D eigenvalue weighted by Gasteiger charge is -2.21. The van der Waals surface area contributed by atoms with E-state index in [9.17, 15) is 4.79 Å². The number of carbonyl (C=O) groups excluding carboxylic acids is 1. The van der Waals surface area contributed by atoms with Crippen molar-refractivity contribution < 1.29 is 9.53 Å². The highest BCUT2D eigenvalue weighted by Crippen LogP contribution is 2.24. The van der Waals surface area contributed by atoms with Crippen LogP contribution >= 0.6 is 0 Å². The molecule has 2 heteroatoms. The predicted octanol–water partition coefficient (Wildman–Crippen LogP) is 4.04. The molecule has 0 aromatic heterocycles. The first kappa shape index (κ1) is 14.1. The zero-order valence-corrected chi connectivity index (χ0v) is 12.3. The molecule has 1 aliphatic rings. The zero-order chi connectivity index (χ0) is 13.9. The van der Waals surface area contributed by atoms with Crippen LogP contribution in [0.4, 0.5) is 0 Å². The van der Waals surface area contributed by atoms with Gasteiger partial charge in [-0.25, -0.2) is 0 Å². The maximum Gasteiger partial charge on any atom is 0.311 e. The zero-order valence-electron chi connectivity index (χ0n) is 12.3. The van der Waals surface area contributed by atoms with Gasteiger partial charge in [-0.2, -0.15) is 0 Å². The van der Waals surface area contributed by atoms with E-state index in [0.717, 1.165) is 18.4 Å². The standard InChI is InChI=1S/C17H24O2/c1-4-17(2,3)16(18)19-12-13-9-10-14-7-5-6-8-15(14)11-13/h9-11H,4-8,12H2,1-3H3. The average Bonchev–Trinajstić information content (AvgIpc) is 2.44. The second kappa shape index (κ2) is 5.77. The van der Waals surface area contributed by atoms with E-state index in [1.54, 1.807) is 0 Å². The number of aryl methyl sites for hydroxylation is 2. The Labute approximate surface area is 116 Å². The molecule has 0 atom stereocenters. The molecular weight excluding hydrogens is 236 g/mol. The maximum absolute atomic E-state index is 11.9. The average molecular weight is 260 g/mol. The van der Waals surface area contributed by atoms with Gasteiger partial charge in [0.05, 0.1) is 5.41 Å². The van der Waals surface area contributed by atoms with Crippen LogP contribution in [0.25, 0.3) is 0 Å². The van der Waals surface area contributed by atoms with Gasteiger partial charge >= 0.3 is 5.97 Å². The van der Waals surface area contributed by atoms with Crippen LogP contribution in [0, 0.1) is 5.41 Å². The fourth-order valence-electron chi connectivity index (χ4n) is 2.37. The van der Waals surface area contributed by atoms with Crippen molar-refractivity contribution in [1.82, 2.24) is 0 Å². The molecule has 1 aromatic carbocycles. The molecule has 0 N–H and O–H groups in total. The third-order valence-electron chi connectivity index (χ3n) is 4.22. The molecule has 0 saturated heterocycles. The molecule has 0 heterocycles. The number of rotatable bonds is 4. The minimum absolute atomic E-state index is 0.104.